The second-order valence-electron chi connectivity index (χ2n) is 1.90. The van der Waals surface area contributed by atoms with Gasteiger partial charge in [-0.05, 0) is 13.8 Å². The van der Waals surface area contributed by atoms with Gasteiger partial charge in [0, 0.05) is 0 Å². The maximum absolute atomic E-state index is 10.6. The molecule has 0 amide bonds. The summed E-state index contributed by atoms with van der Waals surface area (Å²) in [5.74, 6) is -0.423. The first kappa shape index (κ1) is 13.8. The van der Waals surface area contributed by atoms with Crippen molar-refractivity contribution in [3.05, 3.63) is 12.3 Å². The Balaban J connectivity index is 0. The minimum Gasteiger partial charge on any atom is -0.483 e. The molecule has 0 aliphatic rings. The van der Waals surface area contributed by atoms with Crippen LogP contribution in [0.3, 0.4) is 0 Å². The van der Waals surface area contributed by atoms with E-state index in [1.54, 1.807) is 13.8 Å². The summed E-state index contributed by atoms with van der Waals surface area (Å²) in [5.41, 5.74) is 5.23. The first-order valence-corrected chi connectivity index (χ1v) is 3.41. The van der Waals surface area contributed by atoms with Gasteiger partial charge >= 0.3 is 5.97 Å². The average Bonchev–Trinajstić information content (AvgIpc) is 1.87. The largest absolute Gasteiger partial charge is 0.483 e. The van der Waals surface area contributed by atoms with E-state index in [0.717, 1.165) is 0 Å². The van der Waals surface area contributed by atoms with Crippen LogP contribution in [0.15, 0.2) is 12.3 Å². The summed E-state index contributed by atoms with van der Waals surface area (Å²) in [6.07, 6.45) is 2.01. The number of esters is 1. The Bertz CT molecular complexity index is 148. The summed E-state index contributed by atoms with van der Waals surface area (Å²) in [6.45, 7) is 3.76. The van der Waals surface area contributed by atoms with Gasteiger partial charge in [-0.2, -0.15) is 0 Å². The number of carbonyl (C=O) groups excluding carboxylic acids is 1. The Morgan fingerprint density at radius 3 is 2.67 bits per heavy atom. The van der Waals surface area contributed by atoms with Gasteiger partial charge in [-0.25, -0.2) is 4.79 Å². The van der Waals surface area contributed by atoms with Crippen LogP contribution in [0.2, 0.25) is 0 Å². The zero-order chi connectivity index (χ0) is 8.69. The van der Waals surface area contributed by atoms with Crippen LogP contribution in [-0.4, -0.2) is 18.8 Å². The van der Waals surface area contributed by atoms with Gasteiger partial charge in [-0.1, -0.05) is 0 Å². The van der Waals surface area contributed by atoms with E-state index in [4.69, 9.17) is 10.5 Å². The Hall–Kier alpha value is -0.740. The van der Waals surface area contributed by atoms with Crippen molar-refractivity contribution in [1.29, 1.82) is 0 Å². The molecule has 0 rings (SSSR count). The van der Waals surface area contributed by atoms with Crippen molar-refractivity contribution < 1.29 is 14.3 Å². The SMILES string of the molecule is CCOC(=O)/C=C/OC(C)N.Cl. The van der Waals surface area contributed by atoms with E-state index >= 15 is 0 Å². The molecule has 0 aliphatic heterocycles. The summed E-state index contributed by atoms with van der Waals surface area (Å²) in [4.78, 5) is 10.6. The van der Waals surface area contributed by atoms with Gasteiger partial charge in [-0.15, -0.1) is 12.4 Å². The first-order chi connectivity index (χ1) is 5.16. The maximum Gasteiger partial charge on any atom is 0.333 e. The Morgan fingerprint density at radius 1 is 1.67 bits per heavy atom. The number of rotatable bonds is 4. The van der Waals surface area contributed by atoms with Gasteiger partial charge in [0.05, 0.1) is 18.9 Å². The number of hydrogen-bond donors (Lipinski definition) is 1. The summed E-state index contributed by atoms with van der Waals surface area (Å²) in [5, 5.41) is 0. The molecule has 2 N–H and O–H groups in total. The van der Waals surface area contributed by atoms with E-state index in [1.807, 2.05) is 0 Å². The number of ether oxygens (including phenoxy) is 2. The molecule has 0 heterocycles. The van der Waals surface area contributed by atoms with E-state index < -0.39 is 12.2 Å². The van der Waals surface area contributed by atoms with Crippen molar-refractivity contribution in [3.63, 3.8) is 0 Å². The fourth-order valence-electron chi connectivity index (χ4n) is 0.409. The van der Waals surface area contributed by atoms with E-state index in [0.29, 0.717) is 6.61 Å². The van der Waals surface area contributed by atoms with Crippen LogP contribution in [0, 0.1) is 0 Å². The molecule has 0 saturated carbocycles. The molecule has 4 nitrogen and oxygen atoms in total. The molecule has 0 bridgehead atoms. The van der Waals surface area contributed by atoms with Gasteiger partial charge < -0.3 is 9.47 Å². The fraction of sp³-hybridized carbons (Fsp3) is 0.571. The van der Waals surface area contributed by atoms with Crippen LogP contribution < -0.4 is 5.73 Å². The fourth-order valence-corrected chi connectivity index (χ4v) is 0.409. The normalized spacial score (nSPS) is 11.9. The molecule has 1 atom stereocenters. The highest BCUT2D eigenvalue weighted by atomic mass is 35.5. The van der Waals surface area contributed by atoms with Crippen LogP contribution >= 0.6 is 12.4 Å². The van der Waals surface area contributed by atoms with Gasteiger partial charge in [0.25, 0.3) is 0 Å². The van der Waals surface area contributed by atoms with E-state index in [-0.39, 0.29) is 12.4 Å². The standard InChI is InChI=1S/C7H13NO3.ClH/c1-3-10-7(9)4-5-11-6(2)8;/h4-6H,3,8H2,1-2H3;1H/b5-4+;. The Morgan fingerprint density at radius 2 is 2.25 bits per heavy atom. The Kier molecular flexibility index (Phi) is 9.63. The lowest BCUT2D eigenvalue weighted by Crippen LogP contribution is -2.16. The van der Waals surface area contributed by atoms with E-state index in [1.165, 1.54) is 12.3 Å². The lowest BCUT2D eigenvalue weighted by atomic mass is 10.6. The van der Waals surface area contributed by atoms with Crippen molar-refractivity contribution in [2.75, 3.05) is 6.61 Å². The number of carbonyl (C=O) groups is 1. The lowest BCUT2D eigenvalue weighted by molar-refractivity contribution is -0.137. The van der Waals surface area contributed by atoms with Crippen molar-refractivity contribution in [2.24, 2.45) is 5.73 Å². The van der Waals surface area contributed by atoms with Crippen molar-refractivity contribution >= 4 is 18.4 Å². The van der Waals surface area contributed by atoms with Crippen LogP contribution in [0.5, 0.6) is 0 Å². The lowest BCUT2D eigenvalue weighted by Gasteiger charge is -2.02. The molecule has 0 aromatic heterocycles. The molecule has 0 spiro atoms. The highest BCUT2D eigenvalue weighted by Crippen LogP contribution is 1.85. The zero-order valence-electron chi connectivity index (χ0n) is 7.15. The molecule has 0 saturated heterocycles. The maximum atomic E-state index is 10.6. The monoisotopic (exact) mass is 195 g/mol. The third-order valence-electron chi connectivity index (χ3n) is 0.784. The number of nitrogens with two attached hydrogens (primary N) is 1. The Labute approximate surface area is 78.1 Å². The zero-order valence-corrected chi connectivity index (χ0v) is 7.97. The predicted molar refractivity (Wildman–Crippen MR) is 47.8 cm³/mol. The summed E-state index contributed by atoms with van der Waals surface area (Å²) in [7, 11) is 0. The van der Waals surface area contributed by atoms with Crippen LogP contribution in [0.1, 0.15) is 13.8 Å². The van der Waals surface area contributed by atoms with Crippen LogP contribution in [0.4, 0.5) is 0 Å². The van der Waals surface area contributed by atoms with Gasteiger partial charge in [0.15, 0.2) is 0 Å². The molecule has 0 radical (unpaired) electrons. The molecule has 0 aromatic carbocycles. The summed E-state index contributed by atoms with van der Waals surface area (Å²) >= 11 is 0. The minimum absolute atomic E-state index is 0. The van der Waals surface area contributed by atoms with Crippen molar-refractivity contribution in [3.8, 4) is 0 Å². The predicted octanol–water partition coefficient (Wildman–Crippen LogP) is 0.806. The summed E-state index contributed by atoms with van der Waals surface area (Å²) < 4.78 is 9.33. The molecule has 5 heteroatoms. The molecule has 1 unspecified atom stereocenters. The topological polar surface area (TPSA) is 61.5 Å². The number of halogens is 1. The first-order valence-electron chi connectivity index (χ1n) is 3.41. The minimum atomic E-state index is -0.423. The highest BCUT2D eigenvalue weighted by molar-refractivity contribution is 5.85. The molecule has 0 aliphatic carbocycles. The van der Waals surface area contributed by atoms with Gasteiger partial charge in [-0.3, -0.25) is 5.73 Å². The van der Waals surface area contributed by atoms with Crippen molar-refractivity contribution in [2.45, 2.75) is 20.1 Å². The smallest absolute Gasteiger partial charge is 0.333 e. The molecular weight excluding hydrogens is 182 g/mol. The highest BCUT2D eigenvalue weighted by Gasteiger charge is 1.93. The van der Waals surface area contributed by atoms with Gasteiger partial charge in [0.2, 0.25) is 0 Å². The quantitative estimate of drug-likeness (QED) is 0.312. The third kappa shape index (κ3) is 9.26. The molecular formula is C7H14ClNO3. The number of hydrogen-bond acceptors (Lipinski definition) is 4. The third-order valence-corrected chi connectivity index (χ3v) is 0.784. The molecule has 0 aromatic rings. The average molecular weight is 196 g/mol. The van der Waals surface area contributed by atoms with E-state index in [9.17, 15) is 4.79 Å². The van der Waals surface area contributed by atoms with E-state index in [2.05, 4.69) is 4.74 Å². The second-order valence-corrected chi connectivity index (χ2v) is 1.90. The molecule has 0 fully saturated rings. The van der Waals surface area contributed by atoms with Gasteiger partial charge in [0.1, 0.15) is 6.23 Å². The summed E-state index contributed by atoms with van der Waals surface area (Å²) in [6, 6.07) is 0. The second kappa shape index (κ2) is 8.36. The van der Waals surface area contributed by atoms with Crippen LogP contribution in [0.25, 0.3) is 0 Å². The van der Waals surface area contributed by atoms with Crippen molar-refractivity contribution in [1.82, 2.24) is 0 Å². The molecule has 12 heavy (non-hydrogen) atoms. The molecule has 72 valence electrons. The van der Waals surface area contributed by atoms with Crippen LogP contribution in [-0.2, 0) is 14.3 Å².